The zero-order valence-corrected chi connectivity index (χ0v) is 10.9. The molecule has 0 atom stereocenters. The molecule has 0 aliphatic heterocycles. The van der Waals surface area contributed by atoms with Gasteiger partial charge in [0, 0.05) is 12.1 Å². The molecule has 0 saturated heterocycles. The summed E-state index contributed by atoms with van der Waals surface area (Å²) >= 11 is 0. The molecule has 0 aliphatic carbocycles. The van der Waals surface area contributed by atoms with E-state index in [1.165, 1.54) is 0 Å². The largest absolute Gasteiger partial charge is 0.299 e. The molecule has 15 heavy (non-hydrogen) atoms. The molecular weight excluding hydrogens is 186 g/mol. The third kappa shape index (κ3) is 7.32. The second kappa shape index (κ2) is 6.06. The van der Waals surface area contributed by atoms with Crippen molar-refractivity contribution in [1.29, 1.82) is 0 Å². The molecule has 0 bridgehead atoms. The average molecular weight is 211 g/mol. The van der Waals surface area contributed by atoms with Crippen molar-refractivity contribution in [2.45, 2.75) is 41.0 Å². The summed E-state index contributed by atoms with van der Waals surface area (Å²) in [7, 11) is 0. The van der Waals surface area contributed by atoms with Gasteiger partial charge in [0.25, 0.3) is 0 Å². The first kappa shape index (κ1) is 14.4. The number of carbonyl (C=O) groups is 1. The Morgan fingerprint density at radius 3 is 2.20 bits per heavy atom. The van der Waals surface area contributed by atoms with Gasteiger partial charge in [-0.05, 0) is 31.8 Å². The van der Waals surface area contributed by atoms with E-state index in [9.17, 15) is 4.79 Å². The minimum Gasteiger partial charge on any atom is -0.299 e. The van der Waals surface area contributed by atoms with Crippen LogP contribution in [0.1, 0.15) is 41.0 Å². The second-order valence-corrected chi connectivity index (χ2v) is 5.34. The summed E-state index contributed by atoms with van der Waals surface area (Å²) in [4.78, 5) is 13.3. The lowest BCUT2D eigenvalue weighted by molar-refractivity contribution is -0.113. The number of carbonyl (C=O) groups excluding carboxylic acids is 1. The molecule has 0 aromatic carbocycles. The molecule has 88 valence electrons. The Hall–Kier alpha value is -0.630. The van der Waals surface area contributed by atoms with Crippen molar-refractivity contribution in [3.8, 4) is 0 Å². The van der Waals surface area contributed by atoms with E-state index >= 15 is 0 Å². The molecule has 0 spiro atoms. The van der Waals surface area contributed by atoms with Crippen molar-refractivity contribution in [3.63, 3.8) is 0 Å². The van der Waals surface area contributed by atoms with Gasteiger partial charge in [-0.25, -0.2) is 0 Å². The molecule has 2 nitrogen and oxygen atoms in total. The molecule has 0 saturated carbocycles. The lowest BCUT2D eigenvalue weighted by Gasteiger charge is -2.25. The Morgan fingerprint density at radius 1 is 1.33 bits per heavy atom. The molecule has 0 amide bonds. The quantitative estimate of drug-likeness (QED) is 0.630. The van der Waals surface area contributed by atoms with Crippen LogP contribution in [0.3, 0.4) is 0 Å². The molecule has 0 heterocycles. The van der Waals surface area contributed by atoms with Crippen LogP contribution >= 0.6 is 0 Å². The Bertz CT molecular complexity index is 225. The zero-order chi connectivity index (χ0) is 12.1. The van der Waals surface area contributed by atoms with Crippen LogP contribution in [0, 0.1) is 5.41 Å². The predicted molar refractivity (Wildman–Crippen MR) is 66.0 cm³/mol. The molecule has 0 unspecified atom stereocenters. The normalized spacial score (nSPS) is 11.9. The SMILES string of the molecule is C=C(CN(CC)CCC(C)(C)C)C(C)=O. The van der Waals surface area contributed by atoms with Gasteiger partial charge in [-0.2, -0.15) is 0 Å². The van der Waals surface area contributed by atoms with Crippen LogP contribution in [0.5, 0.6) is 0 Å². The minimum absolute atomic E-state index is 0.101. The second-order valence-electron chi connectivity index (χ2n) is 5.34. The average Bonchev–Trinajstić information content (AvgIpc) is 2.10. The van der Waals surface area contributed by atoms with E-state index in [4.69, 9.17) is 0 Å². The van der Waals surface area contributed by atoms with Crippen LogP contribution in [0.2, 0.25) is 0 Å². The van der Waals surface area contributed by atoms with Crippen molar-refractivity contribution in [2.75, 3.05) is 19.6 Å². The van der Waals surface area contributed by atoms with Gasteiger partial charge in [0.2, 0.25) is 0 Å². The first-order valence-corrected chi connectivity index (χ1v) is 5.67. The highest BCUT2D eigenvalue weighted by molar-refractivity contribution is 5.92. The van der Waals surface area contributed by atoms with Gasteiger partial charge in [-0.1, -0.05) is 34.3 Å². The van der Waals surface area contributed by atoms with Crippen LogP contribution in [0.25, 0.3) is 0 Å². The molecule has 0 aliphatic rings. The zero-order valence-electron chi connectivity index (χ0n) is 10.9. The minimum atomic E-state index is 0.101. The van der Waals surface area contributed by atoms with Crippen molar-refractivity contribution in [1.82, 2.24) is 4.90 Å². The fourth-order valence-corrected chi connectivity index (χ4v) is 1.22. The van der Waals surface area contributed by atoms with E-state index in [-0.39, 0.29) is 5.78 Å². The third-order valence-electron chi connectivity index (χ3n) is 2.54. The summed E-state index contributed by atoms with van der Waals surface area (Å²) in [5.41, 5.74) is 1.07. The number of Topliss-reactive ketones (excluding diaryl/α,β-unsaturated/α-hetero) is 1. The Labute approximate surface area is 94.4 Å². The highest BCUT2D eigenvalue weighted by atomic mass is 16.1. The number of hydrogen-bond donors (Lipinski definition) is 0. The highest BCUT2D eigenvalue weighted by Crippen LogP contribution is 2.18. The lowest BCUT2D eigenvalue weighted by Crippen LogP contribution is -2.30. The van der Waals surface area contributed by atoms with E-state index in [0.29, 0.717) is 17.5 Å². The number of likely N-dealkylation sites (N-methyl/N-ethyl adjacent to an activating group) is 1. The van der Waals surface area contributed by atoms with Crippen LogP contribution in [0.4, 0.5) is 0 Å². The van der Waals surface area contributed by atoms with Gasteiger partial charge in [-0.15, -0.1) is 0 Å². The monoisotopic (exact) mass is 211 g/mol. The Balaban J connectivity index is 4.04. The van der Waals surface area contributed by atoms with Gasteiger partial charge in [0.05, 0.1) is 0 Å². The molecule has 0 radical (unpaired) electrons. The van der Waals surface area contributed by atoms with Crippen molar-refractivity contribution >= 4 is 5.78 Å². The maximum absolute atomic E-state index is 11.1. The molecule has 0 N–H and O–H groups in total. The van der Waals surface area contributed by atoms with Crippen LogP contribution in [-0.2, 0) is 4.79 Å². The number of ketones is 1. The highest BCUT2D eigenvalue weighted by Gasteiger charge is 2.13. The molecule has 0 aromatic heterocycles. The predicted octanol–water partition coefficient (Wildman–Crippen LogP) is 2.89. The van der Waals surface area contributed by atoms with Gasteiger partial charge in [0.1, 0.15) is 0 Å². The summed E-state index contributed by atoms with van der Waals surface area (Å²) < 4.78 is 0. The third-order valence-corrected chi connectivity index (χ3v) is 2.54. The summed E-state index contributed by atoms with van der Waals surface area (Å²) in [6, 6.07) is 0. The maximum atomic E-state index is 11.1. The van der Waals surface area contributed by atoms with E-state index in [0.717, 1.165) is 19.5 Å². The van der Waals surface area contributed by atoms with Crippen LogP contribution < -0.4 is 0 Å². The van der Waals surface area contributed by atoms with Gasteiger partial charge in [-0.3, -0.25) is 9.69 Å². The van der Waals surface area contributed by atoms with E-state index in [1.807, 2.05) is 0 Å². The topological polar surface area (TPSA) is 20.3 Å². The van der Waals surface area contributed by atoms with E-state index in [2.05, 4.69) is 39.2 Å². The summed E-state index contributed by atoms with van der Waals surface area (Å²) in [6.45, 7) is 16.9. The van der Waals surface area contributed by atoms with Gasteiger partial charge >= 0.3 is 0 Å². The Kier molecular flexibility index (Phi) is 5.81. The number of nitrogens with zero attached hydrogens (tertiary/aromatic N) is 1. The van der Waals surface area contributed by atoms with E-state index < -0.39 is 0 Å². The van der Waals surface area contributed by atoms with E-state index in [1.54, 1.807) is 6.92 Å². The van der Waals surface area contributed by atoms with Gasteiger partial charge < -0.3 is 0 Å². The van der Waals surface area contributed by atoms with Crippen LogP contribution in [-0.4, -0.2) is 30.3 Å². The number of hydrogen-bond acceptors (Lipinski definition) is 2. The van der Waals surface area contributed by atoms with Crippen molar-refractivity contribution < 1.29 is 4.79 Å². The molecular formula is C13H25NO. The standard InChI is InChI=1S/C13H25NO/c1-7-14(9-8-13(4,5)6)10-11(2)12(3)15/h2,7-10H2,1,3-6H3. The fraction of sp³-hybridized carbons (Fsp3) is 0.769. The summed E-state index contributed by atoms with van der Waals surface area (Å²) in [5, 5.41) is 0. The van der Waals surface area contributed by atoms with Crippen molar-refractivity contribution in [2.24, 2.45) is 5.41 Å². The first-order valence-electron chi connectivity index (χ1n) is 5.67. The fourth-order valence-electron chi connectivity index (χ4n) is 1.22. The van der Waals surface area contributed by atoms with Gasteiger partial charge in [0.15, 0.2) is 5.78 Å². The maximum Gasteiger partial charge on any atom is 0.156 e. The first-order chi connectivity index (χ1) is 6.76. The van der Waals surface area contributed by atoms with Crippen molar-refractivity contribution in [3.05, 3.63) is 12.2 Å². The Morgan fingerprint density at radius 2 is 1.87 bits per heavy atom. The van der Waals surface area contributed by atoms with Crippen LogP contribution in [0.15, 0.2) is 12.2 Å². The number of rotatable bonds is 6. The summed E-state index contributed by atoms with van der Waals surface area (Å²) in [6.07, 6.45) is 1.14. The molecule has 0 rings (SSSR count). The molecule has 2 heteroatoms. The lowest BCUT2D eigenvalue weighted by atomic mass is 9.92. The smallest absolute Gasteiger partial charge is 0.156 e. The molecule has 0 aromatic rings. The summed E-state index contributed by atoms with van der Waals surface area (Å²) in [5.74, 6) is 0.101. The molecule has 0 fully saturated rings.